The first-order valence-corrected chi connectivity index (χ1v) is 5.58. The highest BCUT2D eigenvalue weighted by Crippen LogP contribution is 2.17. The van der Waals surface area contributed by atoms with Crippen LogP contribution in [0.5, 0.6) is 0 Å². The van der Waals surface area contributed by atoms with Crippen LogP contribution in [0.2, 0.25) is 0 Å². The summed E-state index contributed by atoms with van der Waals surface area (Å²) in [6.45, 7) is 1.68. The van der Waals surface area contributed by atoms with Crippen molar-refractivity contribution in [3.8, 4) is 0 Å². The molecule has 2 rings (SSSR count). The minimum absolute atomic E-state index is 0.167. The minimum Gasteiger partial charge on any atom is -0.399 e. The van der Waals surface area contributed by atoms with Gasteiger partial charge in [-0.15, -0.1) is 0 Å². The highest BCUT2D eigenvalue weighted by Gasteiger charge is 2.09. The zero-order valence-corrected chi connectivity index (χ0v) is 10.2. The van der Waals surface area contributed by atoms with Crippen LogP contribution in [-0.2, 0) is 0 Å². The van der Waals surface area contributed by atoms with Crippen molar-refractivity contribution in [2.24, 2.45) is 0 Å². The van der Waals surface area contributed by atoms with Crippen molar-refractivity contribution in [3.05, 3.63) is 59.2 Å². The Morgan fingerprint density at radius 3 is 2.37 bits per heavy atom. The molecule has 0 radical (unpaired) electrons. The van der Waals surface area contributed by atoms with Gasteiger partial charge in [-0.3, -0.25) is 4.79 Å². The van der Waals surface area contributed by atoms with Crippen LogP contribution in [0.4, 0.5) is 20.2 Å². The number of carbonyl (C=O) groups excluding carboxylic acids is 1. The van der Waals surface area contributed by atoms with Gasteiger partial charge in [0.1, 0.15) is 11.6 Å². The fourth-order valence-electron chi connectivity index (χ4n) is 1.76. The topological polar surface area (TPSA) is 55.1 Å². The third-order valence-electron chi connectivity index (χ3n) is 2.48. The first kappa shape index (κ1) is 13.0. The number of halogens is 2. The number of nitrogens with two attached hydrogens (primary N) is 1. The number of hydrogen-bond acceptors (Lipinski definition) is 2. The second-order valence-corrected chi connectivity index (χ2v) is 4.24. The minimum atomic E-state index is -0.550. The Labute approximate surface area is 109 Å². The van der Waals surface area contributed by atoms with Crippen molar-refractivity contribution in [2.45, 2.75) is 6.92 Å². The Balaban J connectivity index is 2.25. The lowest BCUT2D eigenvalue weighted by Crippen LogP contribution is -2.12. The van der Waals surface area contributed by atoms with Crippen molar-refractivity contribution in [2.75, 3.05) is 11.1 Å². The van der Waals surface area contributed by atoms with Gasteiger partial charge < -0.3 is 11.1 Å². The highest BCUT2D eigenvalue weighted by molar-refractivity contribution is 6.04. The third kappa shape index (κ3) is 3.28. The number of rotatable bonds is 2. The molecule has 0 aliphatic carbocycles. The summed E-state index contributed by atoms with van der Waals surface area (Å²) in [5.74, 6) is -1.57. The second-order valence-electron chi connectivity index (χ2n) is 4.24. The molecule has 2 aromatic carbocycles. The molecule has 0 spiro atoms. The van der Waals surface area contributed by atoms with E-state index in [1.54, 1.807) is 13.0 Å². The van der Waals surface area contributed by atoms with Crippen molar-refractivity contribution in [1.29, 1.82) is 0 Å². The summed E-state index contributed by atoms with van der Waals surface area (Å²) in [5.41, 5.74) is 6.69. The van der Waals surface area contributed by atoms with Crippen LogP contribution in [0.25, 0.3) is 0 Å². The molecule has 0 unspecified atom stereocenters. The van der Waals surface area contributed by atoms with E-state index in [1.165, 1.54) is 12.1 Å². The predicted molar refractivity (Wildman–Crippen MR) is 69.9 cm³/mol. The van der Waals surface area contributed by atoms with E-state index < -0.39 is 17.5 Å². The van der Waals surface area contributed by atoms with Crippen LogP contribution >= 0.6 is 0 Å². The van der Waals surface area contributed by atoms with Crippen LogP contribution in [0.15, 0.2) is 36.4 Å². The SMILES string of the molecule is Cc1cc(F)cc(C(=O)Nc2cc(N)cc(F)c2)c1. The van der Waals surface area contributed by atoms with Crippen molar-refractivity contribution in [1.82, 2.24) is 0 Å². The average Bonchev–Trinajstić information content (AvgIpc) is 2.25. The zero-order chi connectivity index (χ0) is 14.0. The number of benzene rings is 2. The Bertz CT molecular complexity index is 601. The summed E-state index contributed by atoms with van der Waals surface area (Å²) in [4.78, 5) is 11.9. The fourth-order valence-corrected chi connectivity index (χ4v) is 1.76. The molecule has 0 aliphatic rings. The molecule has 0 bridgehead atoms. The molecule has 0 heterocycles. The van der Waals surface area contributed by atoms with E-state index in [1.807, 2.05) is 0 Å². The maximum absolute atomic E-state index is 13.2. The molecule has 1 amide bonds. The highest BCUT2D eigenvalue weighted by atomic mass is 19.1. The van der Waals surface area contributed by atoms with E-state index in [0.29, 0.717) is 5.56 Å². The summed E-state index contributed by atoms with van der Waals surface area (Å²) in [6.07, 6.45) is 0. The van der Waals surface area contributed by atoms with Crippen molar-refractivity contribution >= 4 is 17.3 Å². The number of hydrogen-bond donors (Lipinski definition) is 2. The van der Waals surface area contributed by atoms with E-state index in [-0.39, 0.29) is 16.9 Å². The lowest BCUT2D eigenvalue weighted by Gasteiger charge is -2.07. The van der Waals surface area contributed by atoms with Gasteiger partial charge in [-0.1, -0.05) is 0 Å². The van der Waals surface area contributed by atoms with Gasteiger partial charge in [0.05, 0.1) is 0 Å². The van der Waals surface area contributed by atoms with Crippen molar-refractivity contribution in [3.63, 3.8) is 0 Å². The van der Waals surface area contributed by atoms with Gasteiger partial charge >= 0.3 is 0 Å². The number of amides is 1. The zero-order valence-electron chi connectivity index (χ0n) is 10.2. The summed E-state index contributed by atoms with van der Waals surface area (Å²) in [6, 6.07) is 7.68. The van der Waals surface area contributed by atoms with Crippen LogP contribution < -0.4 is 11.1 Å². The normalized spacial score (nSPS) is 10.3. The monoisotopic (exact) mass is 262 g/mol. The van der Waals surface area contributed by atoms with Gasteiger partial charge in [0.2, 0.25) is 0 Å². The number of nitrogens with one attached hydrogen (secondary N) is 1. The molecule has 0 saturated carbocycles. The van der Waals surface area contributed by atoms with Gasteiger partial charge in [-0.25, -0.2) is 8.78 Å². The van der Waals surface area contributed by atoms with Gasteiger partial charge in [0.25, 0.3) is 5.91 Å². The Morgan fingerprint density at radius 1 is 1.05 bits per heavy atom. The number of carbonyl (C=O) groups is 1. The Kier molecular flexibility index (Phi) is 3.46. The molecule has 19 heavy (non-hydrogen) atoms. The van der Waals surface area contributed by atoms with E-state index in [4.69, 9.17) is 5.73 Å². The van der Waals surface area contributed by atoms with Gasteiger partial charge in [-0.2, -0.15) is 0 Å². The van der Waals surface area contributed by atoms with Crippen LogP contribution in [-0.4, -0.2) is 5.91 Å². The predicted octanol–water partition coefficient (Wildman–Crippen LogP) is 3.11. The van der Waals surface area contributed by atoms with Crippen molar-refractivity contribution < 1.29 is 13.6 Å². The lowest BCUT2D eigenvalue weighted by atomic mass is 10.1. The van der Waals surface area contributed by atoms with Gasteiger partial charge in [0, 0.05) is 16.9 Å². The molecule has 0 atom stereocenters. The third-order valence-corrected chi connectivity index (χ3v) is 2.48. The van der Waals surface area contributed by atoms with Crippen LogP contribution in [0.1, 0.15) is 15.9 Å². The molecule has 2 aromatic rings. The summed E-state index contributed by atoms with van der Waals surface area (Å²) < 4.78 is 26.3. The number of aryl methyl sites for hydroxylation is 1. The molecule has 0 fully saturated rings. The van der Waals surface area contributed by atoms with Gasteiger partial charge in [0.15, 0.2) is 0 Å². The first-order valence-electron chi connectivity index (χ1n) is 5.58. The molecule has 5 heteroatoms. The molecular formula is C14H12F2N2O. The van der Waals surface area contributed by atoms with Gasteiger partial charge in [-0.05, 0) is 48.9 Å². The number of nitrogen functional groups attached to an aromatic ring is 1. The summed E-state index contributed by atoms with van der Waals surface area (Å²) in [5, 5.41) is 2.47. The van der Waals surface area contributed by atoms with E-state index in [2.05, 4.69) is 5.32 Å². The summed E-state index contributed by atoms with van der Waals surface area (Å²) in [7, 11) is 0. The maximum atomic E-state index is 13.2. The Morgan fingerprint density at radius 2 is 1.74 bits per heavy atom. The van der Waals surface area contributed by atoms with E-state index in [0.717, 1.165) is 18.2 Å². The smallest absolute Gasteiger partial charge is 0.255 e. The molecular weight excluding hydrogens is 250 g/mol. The molecule has 3 nitrogen and oxygen atoms in total. The van der Waals surface area contributed by atoms with E-state index in [9.17, 15) is 13.6 Å². The molecule has 0 saturated heterocycles. The van der Waals surface area contributed by atoms with Crippen LogP contribution in [0, 0.1) is 18.6 Å². The second kappa shape index (κ2) is 5.06. The average molecular weight is 262 g/mol. The fraction of sp³-hybridized carbons (Fsp3) is 0.0714. The van der Waals surface area contributed by atoms with Crippen LogP contribution in [0.3, 0.4) is 0 Å². The molecule has 0 aliphatic heterocycles. The summed E-state index contributed by atoms with van der Waals surface area (Å²) >= 11 is 0. The Hall–Kier alpha value is -2.43. The molecule has 98 valence electrons. The lowest BCUT2D eigenvalue weighted by molar-refractivity contribution is 0.102. The first-order chi connectivity index (χ1) is 8.94. The molecule has 3 N–H and O–H groups in total. The maximum Gasteiger partial charge on any atom is 0.255 e. The number of anilines is 2. The standard InChI is InChI=1S/C14H12F2N2O/c1-8-2-9(4-10(15)3-8)14(19)18-13-6-11(16)5-12(17)7-13/h2-7H,17H2,1H3,(H,18,19). The van der Waals surface area contributed by atoms with E-state index >= 15 is 0 Å². The quantitative estimate of drug-likeness (QED) is 0.817. The molecule has 0 aromatic heterocycles. The largest absolute Gasteiger partial charge is 0.399 e.